The first-order valence-corrected chi connectivity index (χ1v) is 10.1. The Hall–Kier alpha value is -2.20. The molecular formula is C18H21Cl2N5O4. The van der Waals surface area contributed by atoms with E-state index in [0.29, 0.717) is 35.9 Å². The zero-order chi connectivity index (χ0) is 21.1. The summed E-state index contributed by atoms with van der Waals surface area (Å²) < 4.78 is 1.53. The van der Waals surface area contributed by atoms with Gasteiger partial charge in [-0.2, -0.15) is 4.98 Å². The van der Waals surface area contributed by atoms with Gasteiger partial charge >= 0.3 is 5.69 Å². The summed E-state index contributed by atoms with van der Waals surface area (Å²) in [5, 5.41) is 19.4. The van der Waals surface area contributed by atoms with Crippen LogP contribution in [-0.2, 0) is 6.54 Å². The van der Waals surface area contributed by atoms with E-state index in [-0.39, 0.29) is 18.1 Å². The van der Waals surface area contributed by atoms with Gasteiger partial charge in [-0.25, -0.2) is 9.78 Å². The van der Waals surface area contributed by atoms with Crippen LogP contribution in [0.2, 0.25) is 0 Å². The summed E-state index contributed by atoms with van der Waals surface area (Å²) in [7, 11) is 0. The van der Waals surface area contributed by atoms with Crippen molar-refractivity contribution in [3.8, 4) is 11.5 Å². The highest BCUT2D eigenvalue weighted by molar-refractivity contribution is 6.18. The number of fused-ring (bicyclic) bond motifs is 2. The fraction of sp³-hybridized carbons (Fsp3) is 0.444. The molecule has 1 aromatic carbocycles. The Kier molecular flexibility index (Phi) is 6.74. The quantitative estimate of drug-likeness (QED) is 0.343. The van der Waals surface area contributed by atoms with Gasteiger partial charge in [-0.3, -0.25) is 9.78 Å². The third-order valence-electron chi connectivity index (χ3n) is 4.58. The number of alkyl halides is 2. The van der Waals surface area contributed by atoms with Crippen molar-refractivity contribution in [3.63, 3.8) is 0 Å². The van der Waals surface area contributed by atoms with Gasteiger partial charge in [0.05, 0.1) is 30.3 Å². The Morgan fingerprint density at radius 3 is 2.52 bits per heavy atom. The molecule has 3 rings (SSSR count). The minimum Gasteiger partial charge on any atom is -0.394 e. The average molecular weight is 442 g/mol. The molecule has 0 radical (unpaired) electrons. The smallest absolute Gasteiger partial charge is 0.349 e. The van der Waals surface area contributed by atoms with E-state index >= 15 is 0 Å². The SMILES string of the molecule is Cc1cc2nc3c(=O)[nH]c(=O)nc-3n(CC(O)CO)c2cc1N(CCCl)CCCl. The number of benzene rings is 1. The Bertz CT molecular complexity index is 1090. The van der Waals surface area contributed by atoms with E-state index in [9.17, 15) is 19.8 Å². The van der Waals surface area contributed by atoms with Crippen LogP contribution in [0, 0.1) is 6.92 Å². The molecule has 0 amide bonds. The number of H-pyrrole nitrogens is 1. The van der Waals surface area contributed by atoms with Crippen LogP contribution in [0.5, 0.6) is 0 Å². The number of aromatic nitrogens is 4. The Balaban J connectivity index is 2.35. The summed E-state index contributed by atoms with van der Waals surface area (Å²) in [4.78, 5) is 36.4. The van der Waals surface area contributed by atoms with Gasteiger partial charge in [-0.15, -0.1) is 23.2 Å². The number of halogens is 2. The van der Waals surface area contributed by atoms with Gasteiger partial charge in [-0.1, -0.05) is 0 Å². The molecule has 2 heterocycles. The standard InChI is InChI=1S/C18H21Cl2N5O4/c1-10-6-12-14(7-13(10)24(4-2-19)5-3-20)25(8-11(27)9-26)16-15(21-12)17(28)23-18(29)22-16/h6-7,11,26-27H,2-5,8-9H2,1H3,(H,23,28,29). The van der Waals surface area contributed by atoms with Crippen molar-refractivity contribution in [1.29, 1.82) is 0 Å². The number of rotatable bonds is 8. The monoisotopic (exact) mass is 441 g/mol. The Labute approximate surface area is 175 Å². The van der Waals surface area contributed by atoms with E-state index < -0.39 is 24.0 Å². The normalized spacial score (nSPS) is 12.6. The number of aliphatic hydroxyl groups excluding tert-OH is 2. The number of nitrogens with zero attached hydrogens (tertiary/aromatic N) is 4. The largest absolute Gasteiger partial charge is 0.394 e. The van der Waals surface area contributed by atoms with Crippen molar-refractivity contribution >= 4 is 39.9 Å². The van der Waals surface area contributed by atoms with Crippen LogP contribution >= 0.6 is 23.2 Å². The van der Waals surface area contributed by atoms with E-state index in [1.165, 1.54) is 4.57 Å². The molecule has 1 aromatic rings. The maximum atomic E-state index is 12.3. The van der Waals surface area contributed by atoms with Gasteiger partial charge in [0.15, 0.2) is 11.5 Å². The summed E-state index contributed by atoms with van der Waals surface area (Å²) in [6.45, 7) is 2.49. The molecule has 0 saturated carbocycles. The number of hydrogen-bond acceptors (Lipinski definition) is 7. The second kappa shape index (κ2) is 9.08. The van der Waals surface area contributed by atoms with Crippen LogP contribution in [0.25, 0.3) is 22.6 Å². The first-order valence-electron chi connectivity index (χ1n) is 9.00. The van der Waals surface area contributed by atoms with E-state index in [1.54, 1.807) is 0 Å². The van der Waals surface area contributed by atoms with Crippen LogP contribution in [0.4, 0.5) is 5.69 Å². The van der Waals surface area contributed by atoms with Crippen molar-refractivity contribution < 1.29 is 10.2 Å². The van der Waals surface area contributed by atoms with Gasteiger partial charge in [0.25, 0.3) is 5.56 Å². The minimum atomic E-state index is -1.11. The average Bonchev–Trinajstić information content (AvgIpc) is 2.68. The molecule has 0 aliphatic carbocycles. The number of aryl methyl sites for hydroxylation is 1. The van der Waals surface area contributed by atoms with E-state index in [1.807, 2.05) is 24.0 Å². The summed E-state index contributed by atoms with van der Waals surface area (Å²) in [5.41, 5.74) is 1.31. The summed E-state index contributed by atoms with van der Waals surface area (Å²) >= 11 is 11.9. The highest BCUT2D eigenvalue weighted by Gasteiger charge is 2.22. The zero-order valence-electron chi connectivity index (χ0n) is 15.7. The van der Waals surface area contributed by atoms with Crippen LogP contribution in [0.1, 0.15) is 5.56 Å². The molecule has 2 aliphatic heterocycles. The van der Waals surface area contributed by atoms with Crippen molar-refractivity contribution in [2.75, 3.05) is 36.4 Å². The molecular weight excluding hydrogens is 421 g/mol. The highest BCUT2D eigenvalue weighted by Crippen LogP contribution is 2.29. The second-order valence-electron chi connectivity index (χ2n) is 6.59. The first kappa shape index (κ1) is 21.5. The molecule has 1 atom stereocenters. The van der Waals surface area contributed by atoms with Gasteiger partial charge in [0, 0.05) is 30.5 Å². The number of hydrogen-bond donors (Lipinski definition) is 3. The van der Waals surface area contributed by atoms with Crippen LogP contribution in [0.15, 0.2) is 21.7 Å². The lowest BCUT2D eigenvalue weighted by Crippen LogP contribution is -2.31. The molecule has 2 aliphatic rings. The van der Waals surface area contributed by atoms with Crippen molar-refractivity contribution in [2.24, 2.45) is 0 Å². The predicted molar refractivity (Wildman–Crippen MR) is 113 cm³/mol. The molecule has 0 spiro atoms. The lowest BCUT2D eigenvalue weighted by Gasteiger charge is -2.26. The first-order chi connectivity index (χ1) is 13.9. The maximum Gasteiger partial charge on any atom is 0.349 e. The Morgan fingerprint density at radius 1 is 1.21 bits per heavy atom. The molecule has 1 unspecified atom stereocenters. The zero-order valence-corrected chi connectivity index (χ0v) is 17.2. The number of anilines is 1. The third-order valence-corrected chi connectivity index (χ3v) is 4.92. The van der Waals surface area contributed by atoms with E-state index in [0.717, 1.165) is 11.3 Å². The van der Waals surface area contributed by atoms with Gasteiger partial charge in [0.1, 0.15) is 0 Å². The van der Waals surface area contributed by atoms with Crippen LogP contribution in [0.3, 0.4) is 0 Å². The summed E-state index contributed by atoms with van der Waals surface area (Å²) in [6.07, 6.45) is -1.11. The number of aromatic amines is 1. The third kappa shape index (κ3) is 4.37. The minimum absolute atomic E-state index is 0.0206. The lowest BCUT2D eigenvalue weighted by atomic mass is 10.1. The fourth-order valence-electron chi connectivity index (χ4n) is 3.29. The molecule has 0 bridgehead atoms. The maximum absolute atomic E-state index is 12.3. The molecule has 9 nitrogen and oxygen atoms in total. The van der Waals surface area contributed by atoms with Crippen molar-refractivity contribution in [3.05, 3.63) is 38.5 Å². The molecule has 156 valence electrons. The summed E-state index contributed by atoms with van der Waals surface area (Å²) in [5.74, 6) is 0.850. The Morgan fingerprint density at radius 2 is 1.90 bits per heavy atom. The number of aliphatic hydroxyl groups is 2. The molecule has 11 heteroatoms. The van der Waals surface area contributed by atoms with Crippen LogP contribution in [-0.4, -0.2) is 67.3 Å². The summed E-state index contributed by atoms with van der Waals surface area (Å²) in [6, 6.07) is 3.65. The topological polar surface area (TPSA) is 124 Å². The van der Waals surface area contributed by atoms with E-state index in [4.69, 9.17) is 23.2 Å². The van der Waals surface area contributed by atoms with Gasteiger partial charge < -0.3 is 19.7 Å². The molecule has 0 saturated heterocycles. The molecule has 29 heavy (non-hydrogen) atoms. The predicted octanol–water partition coefficient (Wildman–Crippen LogP) is 0.530. The van der Waals surface area contributed by atoms with Gasteiger partial charge in [-0.05, 0) is 24.6 Å². The fourth-order valence-corrected chi connectivity index (χ4v) is 3.69. The lowest BCUT2D eigenvalue weighted by molar-refractivity contribution is 0.0822. The van der Waals surface area contributed by atoms with Crippen LogP contribution < -0.4 is 16.1 Å². The molecule has 0 aromatic heterocycles. The molecule has 3 N–H and O–H groups in total. The second-order valence-corrected chi connectivity index (χ2v) is 7.35. The number of nitrogens with one attached hydrogen (secondary N) is 1. The highest BCUT2D eigenvalue weighted by atomic mass is 35.5. The van der Waals surface area contributed by atoms with Crippen molar-refractivity contribution in [2.45, 2.75) is 19.6 Å². The van der Waals surface area contributed by atoms with Gasteiger partial charge in [0.2, 0.25) is 0 Å². The van der Waals surface area contributed by atoms with Crippen molar-refractivity contribution in [1.82, 2.24) is 19.5 Å². The van der Waals surface area contributed by atoms with E-state index in [2.05, 4.69) is 15.0 Å². The molecule has 0 fully saturated rings.